The van der Waals surface area contributed by atoms with Gasteiger partial charge in [0, 0.05) is 38.6 Å². The Hall–Kier alpha value is -1.83. The zero-order valence-corrected chi connectivity index (χ0v) is 15.3. The number of pyridine rings is 1. The number of aliphatic hydroxyl groups is 1. The average molecular weight is 358 g/mol. The van der Waals surface area contributed by atoms with E-state index in [0.717, 1.165) is 12.1 Å². The van der Waals surface area contributed by atoms with Crippen LogP contribution in [0.4, 0.5) is 0 Å². The number of β-amino-alcohol motifs (C(OH)–C–C–N with tert-alkyl or cyclic N) is 1. The van der Waals surface area contributed by atoms with E-state index >= 15 is 0 Å². The van der Waals surface area contributed by atoms with Gasteiger partial charge in [0.15, 0.2) is 0 Å². The molecule has 3 aliphatic heterocycles. The molecule has 7 heteroatoms. The van der Waals surface area contributed by atoms with Crippen molar-refractivity contribution in [1.82, 2.24) is 19.7 Å². The first-order valence-corrected chi connectivity index (χ1v) is 9.32. The van der Waals surface area contributed by atoms with Crippen LogP contribution in [-0.2, 0) is 16.1 Å². The molecule has 0 aliphatic carbocycles. The average Bonchev–Trinajstić information content (AvgIpc) is 2.96. The Morgan fingerprint density at radius 3 is 2.77 bits per heavy atom. The van der Waals surface area contributed by atoms with Gasteiger partial charge >= 0.3 is 0 Å². The molecule has 3 saturated heterocycles. The summed E-state index contributed by atoms with van der Waals surface area (Å²) in [6, 6.07) is 3.28. The molecule has 7 nitrogen and oxygen atoms in total. The highest BCUT2D eigenvalue weighted by molar-refractivity contribution is 6.06. The summed E-state index contributed by atoms with van der Waals surface area (Å²) < 4.78 is 0. The standard InChI is InChI=1S/C19H26N4O3/c1-13(2)8-21-11-19(12-21)18(26)22(9-14-4-3-5-20-7-14)17(25)16-6-15(24)10-23(16)19/h3-5,7,13,15-16,24H,6,8-12H2,1-2H3. The normalized spacial score (nSPS) is 28.7. The van der Waals surface area contributed by atoms with Gasteiger partial charge in [-0.05, 0) is 24.0 Å². The fourth-order valence-corrected chi connectivity index (χ4v) is 4.65. The van der Waals surface area contributed by atoms with E-state index in [1.54, 1.807) is 12.4 Å². The monoisotopic (exact) mass is 358 g/mol. The van der Waals surface area contributed by atoms with E-state index in [2.05, 4.69) is 23.7 Å². The highest BCUT2D eigenvalue weighted by Gasteiger charge is 2.64. The highest BCUT2D eigenvalue weighted by Crippen LogP contribution is 2.40. The first-order chi connectivity index (χ1) is 12.4. The second-order valence-electron chi connectivity index (χ2n) is 8.24. The Morgan fingerprint density at radius 2 is 2.12 bits per heavy atom. The van der Waals surface area contributed by atoms with Crippen LogP contribution in [0.2, 0.25) is 0 Å². The van der Waals surface area contributed by atoms with Crippen LogP contribution in [0, 0.1) is 5.92 Å². The van der Waals surface area contributed by atoms with Crippen LogP contribution in [0.3, 0.4) is 0 Å². The summed E-state index contributed by atoms with van der Waals surface area (Å²) in [4.78, 5) is 36.0. The van der Waals surface area contributed by atoms with Crippen LogP contribution in [-0.4, -0.2) is 80.5 Å². The van der Waals surface area contributed by atoms with Gasteiger partial charge in [0.2, 0.25) is 5.91 Å². The number of carbonyl (C=O) groups is 2. The van der Waals surface area contributed by atoms with Gasteiger partial charge in [-0.15, -0.1) is 0 Å². The maximum atomic E-state index is 13.4. The number of rotatable bonds is 4. The van der Waals surface area contributed by atoms with E-state index in [4.69, 9.17) is 0 Å². The molecule has 1 aromatic heterocycles. The third-order valence-corrected chi connectivity index (χ3v) is 5.68. The molecule has 0 radical (unpaired) electrons. The van der Waals surface area contributed by atoms with Crippen molar-refractivity contribution in [2.75, 3.05) is 26.2 Å². The molecule has 2 unspecified atom stereocenters. The maximum absolute atomic E-state index is 13.4. The van der Waals surface area contributed by atoms with Crippen molar-refractivity contribution in [3.8, 4) is 0 Å². The van der Waals surface area contributed by atoms with Crippen LogP contribution < -0.4 is 0 Å². The summed E-state index contributed by atoms with van der Waals surface area (Å²) in [6.45, 7) is 7.17. The topological polar surface area (TPSA) is 77.0 Å². The lowest BCUT2D eigenvalue weighted by Gasteiger charge is -2.59. The minimum Gasteiger partial charge on any atom is -0.392 e. The Labute approximate surface area is 153 Å². The first-order valence-electron chi connectivity index (χ1n) is 9.32. The minimum atomic E-state index is -0.673. The predicted octanol–water partition coefficient (Wildman–Crippen LogP) is 0.0960. The molecule has 4 rings (SSSR count). The van der Waals surface area contributed by atoms with Crippen LogP contribution in [0.1, 0.15) is 25.8 Å². The SMILES string of the molecule is CC(C)CN1CC2(C1)C(=O)N(Cc1cccnc1)C(=O)C1CC(O)CN12. The fraction of sp³-hybridized carbons (Fsp3) is 0.632. The van der Waals surface area contributed by atoms with Crippen molar-refractivity contribution >= 4 is 11.8 Å². The van der Waals surface area contributed by atoms with Crippen molar-refractivity contribution in [2.45, 2.75) is 44.5 Å². The molecule has 1 spiro atoms. The predicted molar refractivity (Wildman–Crippen MR) is 94.9 cm³/mol. The summed E-state index contributed by atoms with van der Waals surface area (Å²) in [7, 11) is 0. The Bertz CT molecular complexity index is 702. The molecule has 3 fully saturated rings. The molecule has 140 valence electrons. The van der Waals surface area contributed by atoms with Gasteiger partial charge in [0.1, 0.15) is 5.54 Å². The molecule has 4 heterocycles. The molecule has 0 saturated carbocycles. The number of imide groups is 1. The van der Waals surface area contributed by atoms with Crippen LogP contribution in [0.15, 0.2) is 24.5 Å². The van der Waals surface area contributed by atoms with Crippen LogP contribution in [0.5, 0.6) is 0 Å². The lowest BCUT2D eigenvalue weighted by Crippen LogP contribution is -2.81. The zero-order chi connectivity index (χ0) is 18.5. The number of hydrogen-bond acceptors (Lipinski definition) is 6. The van der Waals surface area contributed by atoms with Crippen molar-refractivity contribution in [3.05, 3.63) is 30.1 Å². The summed E-state index contributed by atoms with van der Waals surface area (Å²) in [6.07, 6.45) is 3.22. The number of nitrogens with zero attached hydrogens (tertiary/aromatic N) is 4. The Morgan fingerprint density at radius 1 is 1.35 bits per heavy atom. The van der Waals surface area contributed by atoms with Crippen molar-refractivity contribution < 1.29 is 14.7 Å². The molecule has 2 atom stereocenters. The largest absolute Gasteiger partial charge is 0.392 e. The van der Waals surface area contributed by atoms with E-state index in [0.29, 0.717) is 32.0 Å². The summed E-state index contributed by atoms with van der Waals surface area (Å²) >= 11 is 0. The lowest BCUT2D eigenvalue weighted by molar-refractivity contribution is -0.181. The maximum Gasteiger partial charge on any atom is 0.252 e. The van der Waals surface area contributed by atoms with Crippen molar-refractivity contribution in [2.24, 2.45) is 5.92 Å². The number of aliphatic hydroxyl groups excluding tert-OH is 1. The number of hydrogen-bond donors (Lipinski definition) is 1. The molecule has 2 amide bonds. The third kappa shape index (κ3) is 2.74. The Balaban J connectivity index is 1.61. The van der Waals surface area contributed by atoms with Crippen LogP contribution >= 0.6 is 0 Å². The second-order valence-corrected chi connectivity index (χ2v) is 8.24. The fourth-order valence-electron chi connectivity index (χ4n) is 4.65. The summed E-state index contributed by atoms with van der Waals surface area (Å²) in [5, 5.41) is 10.2. The van der Waals surface area contributed by atoms with Crippen LogP contribution in [0.25, 0.3) is 0 Å². The minimum absolute atomic E-state index is 0.128. The molecule has 26 heavy (non-hydrogen) atoms. The number of amides is 2. The summed E-state index contributed by atoms with van der Waals surface area (Å²) in [5.41, 5.74) is 0.169. The Kier molecular flexibility index (Phi) is 4.33. The molecular formula is C19H26N4O3. The van der Waals surface area contributed by atoms with Crippen molar-refractivity contribution in [3.63, 3.8) is 0 Å². The molecule has 3 aliphatic rings. The highest BCUT2D eigenvalue weighted by atomic mass is 16.3. The zero-order valence-electron chi connectivity index (χ0n) is 15.3. The number of aromatic nitrogens is 1. The van der Waals surface area contributed by atoms with Gasteiger partial charge in [-0.1, -0.05) is 19.9 Å². The molecule has 0 bridgehead atoms. The van der Waals surface area contributed by atoms with E-state index in [9.17, 15) is 14.7 Å². The third-order valence-electron chi connectivity index (χ3n) is 5.68. The smallest absolute Gasteiger partial charge is 0.252 e. The van der Waals surface area contributed by atoms with E-state index in [1.807, 2.05) is 17.0 Å². The second kappa shape index (κ2) is 6.40. The van der Waals surface area contributed by atoms with E-state index in [1.165, 1.54) is 4.90 Å². The van der Waals surface area contributed by atoms with Gasteiger partial charge < -0.3 is 5.11 Å². The van der Waals surface area contributed by atoms with Gasteiger partial charge in [-0.25, -0.2) is 0 Å². The number of fused-ring (bicyclic) bond motifs is 2. The van der Waals surface area contributed by atoms with Gasteiger partial charge in [0.25, 0.3) is 5.91 Å². The van der Waals surface area contributed by atoms with Gasteiger partial charge in [-0.3, -0.25) is 29.3 Å². The molecule has 0 aromatic carbocycles. The first kappa shape index (κ1) is 17.6. The number of piperazine rings is 1. The molecule has 1 N–H and O–H groups in total. The quantitative estimate of drug-likeness (QED) is 0.769. The molecule has 1 aromatic rings. The number of carbonyl (C=O) groups excluding carboxylic acids is 2. The van der Waals surface area contributed by atoms with Gasteiger partial charge in [0.05, 0.1) is 18.7 Å². The van der Waals surface area contributed by atoms with E-state index < -0.39 is 17.7 Å². The number of likely N-dealkylation sites (tertiary alicyclic amines) is 1. The van der Waals surface area contributed by atoms with E-state index in [-0.39, 0.29) is 18.4 Å². The molecular weight excluding hydrogens is 332 g/mol. The lowest BCUT2D eigenvalue weighted by atomic mass is 9.82. The van der Waals surface area contributed by atoms with Gasteiger partial charge in [-0.2, -0.15) is 0 Å². The summed E-state index contributed by atoms with van der Waals surface area (Å²) in [5.74, 6) is 0.208. The van der Waals surface area contributed by atoms with Crippen molar-refractivity contribution in [1.29, 1.82) is 0 Å².